The van der Waals surface area contributed by atoms with E-state index in [1.807, 2.05) is 13.0 Å². The van der Waals surface area contributed by atoms with Crippen LogP contribution in [0.1, 0.15) is 38.2 Å². The van der Waals surface area contributed by atoms with Crippen LogP contribution in [0.4, 0.5) is 0 Å². The maximum atomic E-state index is 12.7. The summed E-state index contributed by atoms with van der Waals surface area (Å²) in [7, 11) is 0. The van der Waals surface area contributed by atoms with Crippen molar-refractivity contribution in [2.24, 2.45) is 5.92 Å². The van der Waals surface area contributed by atoms with Gasteiger partial charge in [0.2, 0.25) is 5.91 Å². The number of hydrogen-bond donors (Lipinski definition) is 1. The van der Waals surface area contributed by atoms with Crippen molar-refractivity contribution in [3.05, 3.63) is 28.8 Å². The molecule has 3 rings (SSSR count). The predicted octanol–water partition coefficient (Wildman–Crippen LogP) is 2.93. The van der Waals surface area contributed by atoms with Crippen molar-refractivity contribution in [2.45, 2.75) is 51.7 Å². The van der Waals surface area contributed by atoms with E-state index >= 15 is 0 Å². The van der Waals surface area contributed by atoms with Crippen molar-refractivity contribution in [1.82, 2.24) is 10.2 Å². The highest BCUT2D eigenvalue weighted by Gasteiger charge is 2.33. The van der Waals surface area contributed by atoms with Crippen LogP contribution in [0.3, 0.4) is 0 Å². The SMILES string of the molecule is Cc1cc(Cl)ccc1OC(C)C(=O)N1CCCC(C(=O)NC2CC2)C1. The van der Waals surface area contributed by atoms with E-state index in [1.165, 1.54) is 0 Å². The highest BCUT2D eigenvalue weighted by molar-refractivity contribution is 6.30. The molecule has 1 saturated carbocycles. The number of aryl methyl sites for hydroxylation is 1. The summed E-state index contributed by atoms with van der Waals surface area (Å²) in [5.41, 5.74) is 0.896. The Balaban J connectivity index is 1.57. The summed E-state index contributed by atoms with van der Waals surface area (Å²) >= 11 is 5.96. The predicted molar refractivity (Wildman–Crippen MR) is 96.7 cm³/mol. The molecule has 2 amide bonds. The number of nitrogens with zero attached hydrogens (tertiary/aromatic N) is 1. The van der Waals surface area contributed by atoms with Crippen LogP contribution in [0, 0.1) is 12.8 Å². The first-order chi connectivity index (χ1) is 11.9. The zero-order valence-corrected chi connectivity index (χ0v) is 15.5. The molecule has 1 heterocycles. The highest BCUT2D eigenvalue weighted by atomic mass is 35.5. The van der Waals surface area contributed by atoms with Gasteiger partial charge in [-0.3, -0.25) is 9.59 Å². The monoisotopic (exact) mass is 364 g/mol. The van der Waals surface area contributed by atoms with Crippen LogP contribution >= 0.6 is 11.6 Å². The standard InChI is InChI=1S/C19H25ClN2O3/c1-12-10-15(20)5-8-17(12)25-13(2)19(24)22-9-3-4-14(11-22)18(23)21-16-6-7-16/h5,8,10,13-14,16H,3-4,6-7,9,11H2,1-2H3,(H,21,23). The molecule has 2 unspecified atom stereocenters. The first kappa shape index (κ1) is 18.1. The average Bonchev–Trinajstić information content (AvgIpc) is 3.40. The number of likely N-dealkylation sites (tertiary alicyclic amines) is 1. The van der Waals surface area contributed by atoms with Crippen molar-refractivity contribution in [2.75, 3.05) is 13.1 Å². The molecule has 1 aromatic carbocycles. The molecule has 2 aliphatic rings. The second-order valence-corrected chi connectivity index (χ2v) is 7.51. The van der Waals surface area contributed by atoms with Gasteiger partial charge < -0.3 is 15.0 Å². The molecule has 1 aliphatic heterocycles. The molecule has 0 aromatic heterocycles. The lowest BCUT2D eigenvalue weighted by atomic mass is 9.96. The molecule has 136 valence electrons. The molecule has 0 radical (unpaired) electrons. The van der Waals surface area contributed by atoms with Crippen LogP contribution < -0.4 is 10.1 Å². The minimum Gasteiger partial charge on any atom is -0.481 e. The molecule has 0 spiro atoms. The molecule has 5 nitrogen and oxygen atoms in total. The number of halogens is 1. The van der Waals surface area contributed by atoms with Gasteiger partial charge in [-0.2, -0.15) is 0 Å². The van der Waals surface area contributed by atoms with Crippen molar-refractivity contribution in [1.29, 1.82) is 0 Å². The molecule has 1 aromatic rings. The molecule has 25 heavy (non-hydrogen) atoms. The molecule has 2 fully saturated rings. The van der Waals surface area contributed by atoms with Gasteiger partial charge in [0.05, 0.1) is 5.92 Å². The number of rotatable bonds is 5. The zero-order chi connectivity index (χ0) is 18.0. The van der Waals surface area contributed by atoms with Crippen LogP contribution in [-0.2, 0) is 9.59 Å². The Morgan fingerprint density at radius 3 is 2.76 bits per heavy atom. The third-order valence-electron chi connectivity index (χ3n) is 4.82. The van der Waals surface area contributed by atoms with Crippen LogP contribution in [0.5, 0.6) is 5.75 Å². The fourth-order valence-electron chi connectivity index (χ4n) is 3.18. The Morgan fingerprint density at radius 2 is 2.08 bits per heavy atom. The lowest BCUT2D eigenvalue weighted by Crippen LogP contribution is -2.49. The van der Waals surface area contributed by atoms with Gasteiger partial charge in [0.25, 0.3) is 5.91 Å². The summed E-state index contributed by atoms with van der Waals surface area (Å²) in [6.45, 7) is 4.81. The number of piperidine rings is 1. The van der Waals surface area contributed by atoms with Gasteiger partial charge in [-0.15, -0.1) is 0 Å². The van der Waals surface area contributed by atoms with Crippen molar-refractivity contribution < 1.29 is 14.3 Å². The quantitative estimate of drug-likeness (QED) is 0.873. The minimum absolute atomic E-state index is 0.0710. The van der Waals surface area contributed by atoms with Crippen molar-refractivity contribution >= 4 is 23.4 Å². The van der Waals surface area contributed by atoms with Gasteiger partial charge in [0.1, 0.15) is 5.75 Å². The lowest BCUT2D eigenvalue weighted by Gasteiger charge is -2.33. The van der Waals surface area contributed by atoms with Gasteiger partial charge in [-0.05, 0) is 63.3 Å². The fourth-order valence-corrected chi connectivity index (χ4v) is 3.41. The van der Waals surface area contributed by atoms with E-state index in [0.29, 0.717) is 29.9 Å². The molecule has 1 aliphatic carbocycles. The number of benzene rings is 1. The van der Waals surface area contributed by atoms with Crippen LogP contribution in [0.15, 0.2) is 18.2 Å². The van der Waals surface area contributed by atoms with E-state index in [1.54, 1.807) is 24.0 Å². The van der Waals surface area contributed by atoms with Gasteiger partial charge in [-0.1, -0.05) is 11.6 Å². The molecule has 6 heteroatoms. The number of amides is 2. The lowest BCUT2D eigenvalue weighted by molar-refractivity contribution is -0.141. The summed E-state index contributed by atoms with van der Waals surface area (Å²) in [4.78, 5) is 26.7. The Labute approximate surface area is 153 Å². The van der Waals surface area contributed by atoms with E-state index in [-0.39, 0.29) is 17.7 Å². The number of carbonyl (C=O) groups is 2. The third-order valence-corrected chi connectivity index (χ3v) is 5.05. The summed E-state index contributed by atoms with van der Waals surface area (Å²) in [5, 5.41) is 3.69. The van der Waals surface area contributed by atoms with Crippen molar-refractivity contribution in [3.8, 4) is 5.75 Å². The van der Waals surface area contributed by atoms with Crippen LogP contribution in [0.2, 0.25) is 5.02 Å². The number of ether oxygens (including phenoxy) is 1. The third kappa shape index (κ3) is 4.66. The minimum atomic E-state index is -0.592. The molecule has 0 bridgehead atoms. The van der Waals surface area contributed by atoms with E-state index < -0.39 is 6.10 Å². The first-order valence-corrected chi connectivity index (χ1v) is 9.34. The Morgan fingerprint density at radius 1 is 1.32 bits per heavy atom. The second-order valence-electron chi connectivity index (χ2n) is 7.08. The smallest absolute Gasteiger partial charge is 0.263 e. The largest absolute Gasteiger partial charge is 0.481 e. The van der Waals surface area contributed by atoms with Gasteiger partial charge in [-0.25, -0.2) is 0 Å². The Hall–Kier alpha value is -1.75. The average molecular weight is 365 g/mol. The number of carbonyl (C=O) groups excluding carboxylic acids is 2. The Bertz CT molecular complexity index is 660. The van der Waals surface area contributed by atoms with Crippen LogP contribution in [0.25, 0.3) is 0 Å². The molecule has 1 N–H and O–H groups in total. The molecule has 1 saturated heterocycles. The van der Waals surface area contributed by atoms with Crippen molar-refractivity contribution in [3.63, 3.8) is 0 Å². The van der Waals surface area contributed by atoms with Gasteiger partial charge >= 0.3 is 0 Å². The van der Waals surface area contributed by atoms with Crippen LogP contribution in [-0.4, -0.2) is 41.9 Å². The maximum Gasteiger partial charge on any atom is 0.263 e. The normalized spacial score (nSPS) is 21.6. The molecule has 2 atom stereocenters. The van der Waals surface area contributed by atoms with Gasteiger partial charge in [0.15, 0.2) is 6.10 Å². The highest BCUT2D eigenvalue weighted by Crippen LogP contribution is 2.25. The summed E-state index contributed by atoms with van der Waals surface area (Å²) in [6.07, 6.45) is 3.25. The molecular weight excluding hydrogens is 340 g/mol. The first-order valence-electron chi connectivity index (χ1n) is 8.96. The second kappa shape index (κ2) is 7.65. The number of hydrogen-bond acceptors (Lipinski definition) is 3. The maximum absolute atomic E-state index is 12.7. The summed E-state index contributed by atoms with van der Waals surface area (Å²) in [5.74, 6) is 0.563. The van der Waals surface area contributed by atoms with E-state index in [9.17, 15) is 9.59 Å². The zero-order valence-electron chi connectivity index (χ0n) is 14.8. The molecular formula is C19H25ClN2O3. The van der Waals surface area contributed by atoms with Gasteiger partial charge in [0, 0.05) is 24.2 Å². The summed E-state index contributed by atoms with van der Waals surface area (Å²) < 4.78 is 5.84. The Kier molecular flexibility index (Phi) is 5.52. The van der Waals surface area contributed by atoms with E-state index in [0.717, 1.165) is 31.2 Å². The van der Waals surface area contributed by atoms with E-state index in [2.05, 4.69) is 5.32 Å². The topological polar surface area (TPSA) is 58.6 Å². The summed E-state index contributed by atoms with van der Waals surface area (Å²) in [6, 6.07) is 5.70. The van der Waals surface area contributed by atoms with E-state index in [4.69, 9.17) is 16.3 Å². The fraction of sp³-hybridized carbons (Fsp3) is 0.579. The number of nitrogens with one attached hydrogen (secondary N) is 1.